The number of aryl methyl sites for hydroxylation is 1. The van der Waals surface area contributed by atoms with E-state index in [1.807, 2.05) is 19.3 Å². The number of alkyl halides is 1. The van der Waals surface area contributed by atoms with E-state index in [9.17, 15) is 0 Å². The lowest BCUT2D eigenvalue weighted by Gasteiger charge is -2.09. The number of benzene rings is 1. The Morgan fingerprint density at radius 2 is 1.93 bits per heavy atom. The first kappa shape index (κ1) is 17.2. The molecule has 0 bridgehead atoms. The fourth-order valence-corrected chi connectivity index (χ4v) is 3.28. The third kappa shape index (κ3) is 2.96. The molecule has 4 heterocycles. The number of hydrogen-bond donors (Lipinski definition) is 1. The first-order valence-corrected chi connectivity index (χ1v) is 9.05. The molecule has 144 valence electrons. The molecule has 1 unspecified atom stereocenters. The van der Waals surface area contributed by atoms with Gasteiger partial charge in [0.25, 0.3) is 0 Å². The lowest BCUT2D eigenvalue weighted by molar-refractivity contribution is 0.378. The van der Waals surface area contributed by atoms with Gasteiger partial charge in [-0.3, -0.25) is 9.67 Å². The number of nitrogens with zero attached hydrogens (tertiary/aromatic N) is 7. The average molecular weight is 388 g/mol. The number of anilines is 1. The van der Waals surface area contributed by atoms with Crippen LogP contribution in [0, 0.1) is 0 Å². The molecule has 0 aliphatic heterocycles. The van der Waals surface area contributed by atoms with Crippen molar-refractivity contribution in [2.75, 3.05) is 12.4 Å². The van der Waals surface area contributed by atoms with Crippen molar-refractivity contribution in [3.8, 4) is 11.1 Å². The minimum atomic E-state index is -1.48. The van der Waals surface area contributed by atoms with Crippen LogP contribution in [-0.4, -0.2) is 41.6 Å². The largest absolute Gasteiger partial charge is 0.372 e. The van der Waals surface area contributed by atoms with Crippen LogP contribution in [0.3, 0.4) is 0 Å². The van der Waals surface area contributed by atoms with E-state index in [0.717, 1.165) is 22.0 Å². The monoisotopic (exact) mass is 388 g/mol. The van der Waals surface area contributed by atoms with Crippen LogP contribution in [0.1, 0.15) is 17.6 Å². The maximum atomic E-state index is 15.4. The van der Waals surface area contributed by atoms with E-state index in [1.165, 1.54) is 4.52 Å². The highest BCUT2D eigenvalue weighted by Crippen LogP contribution is 2.29. The molecule has 5 aromatic rings. The van der Waals surface area contributed by atoms with E-state index in [-0.39, 0.29) is 5.82 Å². The van der Waals surface area contributed by atoms with Crippen LogP contribution in [0.2, 0.25) is 0 Å². The molecule has 0 spiro atoms. The van der Waals surface area contributed by atoms with E-state index in [2.05, 4.69) is 30.7 Å². The minimum absolute atomic E-state index is 0.132. The van der Waals surface area contributed by atoms with Gasteiger partial charge in [0.2, 0.25) is 0 Å². The van der Waals surface area contributed by atoms with Gasteiger partial charge in [-0.15, -0.1) is 15.3 Å². The first-order chi connectivity index (χ1) is 14.1. The van der Waals surface area contributed by atoms with Crippen LogP contribution in [0.4, 0.5) is 10.2 Å². The topological polar surface area (TPSA) is 85.8 Å². The van der Waals surface area contributed by atoms with Gasteiger partial charge in [-0.1, -0.05) is 6.07 Å². The van der Waals surface area contributed by atoms with Gasteiger partial charge in [0.15, 0.2) is 17.6 Å². The van der Waals surface area contributed by atoms with Crippen molar-refractivity contribution in [3.63, 3.8) is 0 Å². The lowest BCUT2D eigenvalue weighted by atomic mass is 10.0. The molecule has 4 aromatic heterocycles. The molecule has 9 heteroatoms. The molecule has 0 saturated heterocycles. The normalized spacial score (nSPS) is 12.5. The molecule has 0 saturated carbocycles. The van der Waals surface area contributed by atoms with Gasteiger partial charge >= 0.3 is 0 Å². The van der Waals surface area contributed by atoms with Crippen molar-refractivity contribution in [1.29, 1.82) is 0 Å². The highest BCUT2D eigenvalue weighted by Gasteiger charge is 2.21. The highest BCUT2D eigenvalue weighted by atomic mass is 19.1. The van der Waals surface area contributed by atoms with Crippen molar-refractivity contribution in [2.24, 2.45) is 7.05 Å². The molecule has 0 aliphatic carbocycles. The van der Waals surface area contributed by atoms with Gasteiger partial charge in [-0.05, 0) is 35.9 Å². The summed E-state index contributed by atoms with van der Waals surface area (Å²) in [5.74, 6) is 0.738. The van der Waals surface area contributed by atoms with Crippen molar-refractivity contribution >= 4 is 22.4 Å². The molecule has 0 aliphatic rings. The molecule has 5 rings (SSSR count). The Labute approximate surface area is 165 Å². The van der Waals surface area contributed by atoms with E-state index < -0.39 is 6.17 Å². The predicted molar refractivity (Wildman–Crippen MR) is 107 cm³/mol. The summed E-state index contributed by atoms with van der Waals surface area (Å²) in [5, 5.41) is 20.3. The molecule has 0 radical (unpaired) electrons. The Hall–Kier alpha value is -3.88. The number of hydrogen-bond acceptors (Lipinski definition) is 6. The summed E-state index contributed by atoms with van der Waals surface area (Å²) >= 11 is 0. The maximum Gasteiger partial charge on any atom is 0.193 e. The zero-order valence-electron chi connectivity index (χ0n) is 15.8. The van der Waals surface area contributed by atoms with Crippen LogP contribution in [0.5, 0.6) is 0 Å². The summed E-state index contributed by atoms with van der Waals surface area (Å²) in [4.78, 5) is 4.49. The summed E-state index contributed by atoms with van der Waals surface area (Å²) in [6.07, 6.45) is 4.01. The van der Waals surface area contributed by atoms with Crippen LogP contribution in [0.25, 0.3) is 27.7 Å². The third-order valence-electron chi connectivity index (χ3n) is 4.81. The average Bonchev–Trinajstić information content (AvgIpc) is 3.38. The van der Waals surface area contributed by atoms with Gasteiger partial charge < -0.3 is 5.32 Å². The van der Waals surface area contributed by atoms with E-state index in [0.29, 0.717) is 17.0 Å². The Kier molecular flexibility index (Phi) is 3.94. The second-order valence-electron chi connectivity index (χ2n) is 6.74. The van der Waals surface area contributed by atoms with Crippen LogP contribution < -0.4 is 5.32 Å². The fourth-order valence-electron chi connectivity index (χ4n) is 3.28. The molecule has 29 heavy (non-hydrogen) atoms. The molecular weight excluding hydrogens is 371 g/mol. The Morgan fingerprint density at radius 3 is 2.72 bits per heavy atom. The van der Waals surface area contributed by atoms with Gasteiger partial charge in [-0.25, -0.2) is 4.39 Å². The van der Waals surface area contributed by atoms with Crippen molar-refractivity contribution in [2.45, 2.75) is 6.17 Å². The van der Waals surface area contributed by atoms with Gasteiger partial charge in [0.1, 0.15) is 5.82 Å². The summed E-state index contributed by atoms with van der Waals surface area (Å²) in [7, 11) is 3.61. The molecule has 1 N–H and O–H groups in total. The van der Waals surface area contributed by atoms with Gasteiger partial charge in [-0.2, -0.15) is 9.61 Å². The van der Waals surface area contributed by atoms with Crippen LogP contribution in [0.15, 0.2) is 55.0 Å². The fraction of sp³-hybridized carbons (Fsp3) is 0.150. The Morgan fingerprint density at radius 1 is 1.03 bits per heavy atom. The molecule has 8 nitrogen and oxygen atoms in total. The zero-order valence-corrected chi connectivity index (χ0v) is 15.8. The molecule has 0 fully saturated rings. The first-order valence-electron chi connectivity index (χ1n) is 9.05. The second-order valence-corrected chi connectivity index (χ2v) is 6.74. The predicted octanol–water partition coefficient (Wildman–Crippen LogP) is 3.17. The molecular formula is C20H17FN8. The van der Waals surface area contributed by atoms with Crippen LogP contribution >= 0.6 is 0 Å². The molecule has 0 amide bonds. The zero-order chi connectivity index (χ0) is 20.0. The van der Waals surface area contributed by atoms with Gasteiger partial charge in [0.05, 0.1) is 11.7 Å². The number of nitrogens with one attached hydrogen (secondary N) is 1. The number of fused-ring (bicyclic) bond motifs is 2. The van der Waals surface area contributed by atoms with E-state index in [4.69, 9.17) is 0 Å². The summed E-state index contributed by atoms with van der Waals surface area (Å²) in [6, 6.07) is 10.8. The quantitative estimate of drug-likeness (QED) is 0.509. The highest BCUT2D eigenvalue weighted by molar-refractivity contribution is 5.84. The number of pyridine rings is 1. The van der Waals surface area contributed by atoms with Crippen molar-refractivity contribution in [1.82, 2.24) is 34.6 Å². The summed E-state index contributed by atoms with van der Waals surface area (Å²) in [6.45, 7) is 0. The Balaban J connectivity index is 1.57. The van der Waals surface area contributed by atoms with Crippen molar-refractivity contribution in [3.05, 3.63) is 66.4 Å². The SMILES string of the molecule is CNc1ccc2nnc(C(F)c3ccc4ncc(-c5cnn(C)c5)cc4c3)n2n1. The minimum Gasteiger partial charge on any atom is -0.372 e. The number of aromatic nitrogens is 7. The summed E-state index contributed by atoms with van der Waals surface area (Å²) < 4.78 is 18.6. The van der Waals surface area contributed by atoms with Gasteiger partial charge in [0, 0.05) is 43.0 Å². The van der Waals surface area contributed by atoms with E-state index >= 15 is 4.39 Å². The summed E-state index contributed by atoms with van der Waals surface area (Å²) in [5.41, 5.74) is 3.62. The van der Waals surface area contributed by atoms with Crippen molar-refractivity contribution < 1.29 is 4.39 Å². The smallest absolute Gasteiger partial charge is 0.193 e. The standard InChI is InChI=1S/C20H17FN8/c1-22-17-5-6-18-25-26-20(29(18)27-17)19(21)12-3-4-16-13(7-12)8-14(9-23-16)15-10-24-28(2)11-15/h3-11,19H,1-2H3,(H,22,27). The van der Waals surface area contributed by atoms with Crippen LogP contribution in [-0.2, 0) is 7.05 Å². The maximum absolute atomic E-state index is 15.4. The number of rotatable bonds is 4. The Bertz CT molecular complexity index is 1340. The third-order valence-corrected chi connectivity index (χ3v) is 4.81. The number of halogens is 1. The molecule has 1 atom stereocenters. The molecule has 1 aromatic carbocycles. The lowest BCUT2D eigenvalue weighted by Crippen LogP contribution is -2.06. The second kappa shape index (κ2) is 6.62. The van der Waals surface area contributed by atoms with E-state index in [1.54, 1.807) is 54.5 Å².